The molecule has 3 unspecified atom stereocenters. The van der Waals surface area contributed by atoms with E-state index in [1.807, 2.05) is 0 Å². The zero-order valence-corrected chi connectivity index (χ0v) is 14.9. The van der Waals surface area contributed by atoms with Crippen molar-refractivity contribution in [3.63, 3.8) is 0 Å². The summed E-state index contributed by atoms with van der Waals surface area (Å²) in [6, 6.07) is 0. The van der Waals surface area contributed by atoms with Gasteiger partial charge in [-0.15, -0.1) is 0 Å². The number of carbonyl (C=O) groups is 3. The minimum Gasteiger partial charge on any atom is -0.462 e. The number of hydrogen-bond donors (Lipinski definition) is 1. The van der Waals surface area contributed by atoms with E-state index in [2.05, 4.69) is 5.32 Å². The van der Waals surface area contributed by atoms with Crippen molar-refractivity contribution in [1.82, 2.24) is 5.32 Å². The van der Waals surface area contributed by atoms with Crippen LogP contribution in [0.1, 0.15) is 46.0 Å². The first-order chi connectivity index (χ1) is 12.0. The maximum Gasteiger partial charge on any atom is 0.309 e. The van der Waals surface area contributed by atoms with E-state index < -0.39 is 41.9 Å². The van der Waals surface area contributed by atoms with Crippen LogP contribution in [-0.2, 0) is 19.1 Å². The highest BCUT2D eigenvalue weighted by Crippen LogP contribution is 2.62. The second kappa shape index (κ2) is 6.53. The Morgan fingerprint density at radius 2 is 1.77 bits per heavy atom. The third-order valence-corrected chi connectivity index (χ3v) is 6.24. The fraction of sp³-hybridized carbons (Fsp3) is 0.833. The Labute approximate surface area is 150 Å². The second-order valence-corrected chi connectivity index (χ2v) is 8.34. The number of imide groups is 1. The van der Waals surface area contributed by atoms with Gasteiger partial charge in [-0.05, 0) is 49.9 Å². The average Bonchev–Trinajstić information content (AvgIpc) is 2.49. The second-order valence-electron chi connectivity index (χ2n) is 8.34. The van der Waals surface area contributed by atoms with Crippen molar-refractivity contribution in [2.75, 3.05) is 6.61 Å². The number of nitrogens with one attached hydrogen (secondary N) is 1. The van der Waals surface area contributed by atoms with Crippen molar-refractivity contribution in [2.45, 2.75) is 58.0 Å². The molecule has 4 fully saturated rings. The van der Waals surface area contributed by atoms with Crippen LogP contribution in [0.15, 0.2) is 0 Å². The third-order valence-electron chi connectivity index (χ3n) is 6.24. The van der Waals surface area contributed by atoms with Crippen LogP contribution in [0.2, 0.25) is 0 Å². The van der Waals surface area contributed by atoms with E-state index in [4.69, 9.17) is 4.74 Å². The summed E-state index contributed by atoms with van der Waals surface area (Å²) in [4.78, 5) is 36.2. The first-order valence-electron chi connectivity index (χ1n) is 9.02. The van der Waals surface area contributed by atoms with Gasteiger partial charge in [-0.3, -0.25) is 19.7 Å². The molecule has 146 valence electrons. The molecule has 26 heavy (non-hydrogen) atoms. The fourth-order valence-corrected chi connectivity index (χ4v) is 5.38. The summed E-state index contributed by atoms with van der Waals surface area (Å²) in [5.74, 6) is -5.25. The van der Waals surface area contributed by atoms with Crippen molar-refractivity contribution in [1.29, 1.82) is 0 Å². The number of alkyl halides is 3. The van der Waals surface area contributed by atoms with Crippen LogP contribution in [0.5, 0.6) is 0 Å². The van der Waals surface area contributed by atoms with Gasteiger partial charge in [-0.25, -0.2) is 13.2 Å². The minimum atomic E-state index is -3.56. The van der Waals surface area contributed by atoms with E-state index in [-0.39, 0.29) is 17.7 Å². The summed E-state index contributed by atoms with van der Waals surface area (Å²) >= 11 is 0. The molecule has 0 aromatic rings. The molecule has 1 N–H and O–H groups in total. The Hall–Kier alpha value is -1.60. The molecule has 0 heterocycles. The SMILES string of the molecule is CC(=O)NC(=O)C12CC3CC(C1)C(C(=O)OCC(F)C(C)(F)F)C(C3)C2. The molecular weight excluding hydrogens is 351 g/mol. The van der Waals surface area contributed by atoms with Gasteiger partial charge < -0.3 is 4.74 Å². The van der Waals surface area contributed by atoms with Gasteiger partial charge in [0.15, 0.2) is 6.17 Å². The van der Waals surface area contributed by atoms with Crippen LogP contribution in [0.4, 0.5) is 13.2 Å². The number of esters is 1. The first-order valence-corrected chi connectivity index (χ1v) is 9.02. The Morgan fingerprint density at radius 1 is 1.19 bits per heavy atom. The summed E-state index contributed by atoms with van der Waals surface area (Å²) < 4.78 is 44.0. The van der Waals surface area contributed by atoms with Gasteiger partial charge in [0.25, 0.3) is 5.92 Å². The highest BCUT2D eigenvalue weighted by Gasteiger charge is 2.60. The summed E-state index contributed by atoms with van der Waals surface area (Å²) in [7, 11) is 0. The summed E-state index contributed by atoms with van der Waals surface area (Å²) in [6.45, 7) is 0.777. The van der Waals surface area contributed by atoms with Crippen molar-refractivity contribution in [2.24, 2.45) is 29.1 Å². The minimum absolute atomic E-state index is 0.0911. The first kappa shape index (κ1) is 19.2. The van der Waals surface area contributed by atoms with Crippen molar-refractivity contribution < 1.29 is 32.3 Å². The van der Waals surface area contributed by atoms with Crippen LogP contribution in [0, 0.1) is 29.1 Å². The van der Waals surface area contributed by atoms with Gasteiger partial charge in [0.2, 0.25) is 11.8 Å². The lowest BCUT2D eigenvalue weighted by Crippen LogP contribution is -2.58. The molecule has 8 heteroatoms. The smallest absolute Gasteiger partial charge is 0.309 e. The van der Waals surface area contributed by atoms with E-state index in [1.165, 1.54) is 6.92 Å². The predicted molar refractivity (Wildman–Crippen MR) is 84.8 cm³/mol. The van der Waals surface area contributed by atoms with Gasteiger partial charge >= 0.3 is 5.97 Å². The van der Waals surface area contributed by atoms with Crippen LogP contribution < -0.4 is 5.32 Å². The molecule has 4 rings (SSSR count). The normalized spacial score (nSPS) is 36.5. The van der Waals surface area contributed by atoms with Gasteiger partial charge in [0.1, 0.15) is 6.61 Å². The van der Waals surface area contributed by atoms with Crippen molar-refractivity contribution in [3.05, 3.63) is 0 Å². The lowest BCUT2D eigenvalue weighted by Gasteiger charge is -2.58. The maximum absolute atomic E-state index is 13.4. The van der Waals surface area contributed by atoms with Crippen molar-refractivity contribution in [3.8, 4) is 0 Å². The topological polar surface area (TPSA) is 72.5 Å². The quantitative estimate of drug-likeness (QED) is 0.750. The number of carbonyl (C=O) groups excluding carboxylic acids is 3. The van der Waals surface area contributed by atoms with Gasteiger partial charge in [0.05, 0.1) is 11.3 Å². The Balaban J connectivity index is 1.67. The lowest BCUT2D eigenvalue weighted by molar-refractivity contribution is -0.179. The Morgan fingerprint density at radius 3 is 2.27 bits per heavy atom. The molecule has 0 radical (unpaired) electrons. The zero-order chi connectivity index (χ0) is 19.3. The number of hydrogen-bond acceptors (Lipinski definition) is 4. The van der Waals surface area contributed by atoms with E-state index in [0.717, 1.165) is 12.8 Å². The molecule has 5 nitrogen and oxygen atoms in total. The maximum atomic E-state index is 13.4. The summed E-state index contributed by atoms with van der Waals surface area (Å²) in [5.41, 5.74) is -0.641. The molecule has 0 aromatic heterocycles. The van der Waals surface area contributed by atoms with E-state index >= 15 is 0 Å². The summed E-state index contributed by atoms with van der Waals surface area (Å²) in [5, 5.41) is 2.37. The number of rotatable bonds is 5. The largest absolute Gasteiger partial charge is 0.462 e. The van der Waals surface area contributed by atoms with Gasteiger partial charge in [0, 0.05) is 13.8 Å². The Bertz CT molecular complexity index is 602. The molecule has 0 aromatic carbocycles. The lowest BCUT2D eigenvalue weighted by atomic mass is 9.46. The van der Waals surface area contributed by atoms with Crippen molar-refractivity contribution >= 4 is 17.8 Å². The number of halogens is 3. The fourth-order valence-electron chi connectivity index (χ4n) is 5.38. The monoisotopic (exact) mass is 375 g/mol. The molecule has 3 atom stereocenters. The molecule has 0 saturated heterocycles. The highest BCUT2D eigenvalue weighted by molar-refractivity contribution is 5.97. The van der Waals surface area contributed by atoms with E-state index in [0.29, 0.717) is 32.1 Å². The van der Waals surface area contributed by atoms with Crippen LogP contribution >= 0.6 is 0 Å². The molecule has 4 aliphatic carbocycles. The molecular formula is C18H24F3NO4. The van der Waals surface area contributed by atoms with Gasteiger partial charge in [-0.2, -0.15) is 0 Å². The molecule has 0 spiro atoms. The Kier molecular flexibility index (Phi) is 4.82. The molecule has 4 bridgehead atoms. The molecule has 4 aliphatic rings. The third kappa shape index (κ3) is 3.47. The van der Waals surface area contributed by atoms with E-state index in [1.54, 1.807) is 0 Å². The average molecular weight is 375 g/mol. The predicted octanol–water partition coefficient (Wildman–Crippen LogP) is 2.63. The standard InChI is InChI=1S/C18H24F3NO4/c1-9(23)22-16(25)18-5-10-3-11(6-18)14(12(4-10)7-18)15(24)26-8-13(19)17(2,20)21/h10-14H,3-8H2,1-2H3,(H,22,23,25). The molecule has 2 amide bonds. The molecule has 4 saturated carbocycles. The zero-order valence-electron chi connectivity index (χ0n) is 14.9. The summed E-state index contributed by atoms with van der Waals surface area (Å²) in [6.07, 6.45) is 0.665. The molecule has 0 aliphatic heterocycles. The number of amides is 2. The van der Waals surface area contributed by atoms with Crippen LogP contribution in [-0.4, -0.2) is 36.5 Å². The van der Waals surface area contributed by atoms with Crippen LogP contribution in [0.3, 0.4) is 0 Å². The highest BCUT2D eigenvalue weighted by atomic mass is 19.3. The van der Waals surface area contributed by atoms with E-state index in [9.17, 15) is 27.6 Å². The van der Waals surface area contributed by atoms with Gasteiger partial charge in [-0.1, -0.05) is 0 Å². The van der Waals surface area contributed by atoms with Crippen LogP contribution in [0.25, 0.3) is 0 Å². The number of ether oxygens (including phenoxy) is 1.